The van der Waals surface area contributed by atoms with Gasteiger partial charge in [-0.1, -0.05) is 6.92 Å². The summed E-state index contributed by atoms with van der Waals surface area (Å²) in [4.78, 5) is 13.2. The van der Waals surface area contributed by atoms with Crippen LogP contribution in [0.15, 0.2) is 12.4 Å². The number of hydrogen-bond donors (Lipinski definition) is 1. The van der Waals surface area contributed by atoms with Crippen LogP contribution in [-0.4, -0.2) is 54.6 Å². The standard InChI is InChI=1S/C13H23N5/c1-3-17(2)9-6-14-12-10-13(16-11-15-12)18-7-4-5-8-18/h10-11H,3-9H2,1-2H3,(H,14,15,16). The predicted octanol–water partition coefficient (Wildman–Crippen LogP) is 1.44. The zero-order valence-electron chi connectivity index (χ0n) is 11.4. The molecule has 0 bridgehead atoms. The minimum atomic E-state index is 0.917. The normalized spacial score (nSPS) is 15.4. The third-order valence-corrected chi connectivity index (χ3v) is 3.42. The van der Waals surface area contributed by atoms with E-state index in [9.17, 15) is 0 Å². The fourth-order valence-corrected chi connectivity index (χ4v) is 2.10. The van der Waals surface area contributed by atoms with Crippen molar-refractivity contribution in [3.05, 3.63) is 12.4 Å². The van der Waals surface area contributed by atoms with Gasteiger partial charge in [0.25, 0.3) is 0 Å². The molecule has 0 saturated carbocycles. The molecule has 0 aliphatic carbocycles. The van der Waals surface area contributed by atoms with Gasteiger partial charge < -0.3 is 15.1 Å². The molecule has 1 aliphatic heterocycles. The van der Waals surface area contributed by atoms with E-state index in [0.717, 1.165) is 44.4 Å². The van der Waals surface area contributed by atoms with Crippen LogP contribution in [0.1, 0.15) is 19.8 Å². The van der Waals surface area contributed by atoms with E-state index in [4.69, 9.17) is 0 Å². The molecule has 18 heavy (non-hydrogen) atoms. The molecule has 0 amide bonds. The molecule has 2 rings (SSSR count). The van der Waals surface area contributed by atoms with Crippen molar-refractivity contribution in [2.45, 2.75) is 19.8 Å². The number of rotatable bonds is 6. The number of anilines is 2. The molecule has 0 radical (unpaired) electrons. The van der Waals surface area contributed by atoms with Crippen LogP contribution in [0.2, 0.25) is 0 Å². The minimum absolute atomic E-state index is 0.917. The second-order valence-electron chi connectivity index (χ2n) is 4.78. The number of hydrogen-bond acceptors (Lipinski definition) is 5. The Morgan fingerprint density at radius 2 is 2.11 bits per heavy atom. The number of nitrogens with zero attached hydrogens (tertiary/aromatic N) is 4. The van der Waals surface area contributed by atoms with Crippen molar-refractivity contribution in [2.24, 2.45) is 0 Å². The van der Waals surface area contributed by atoms with Crippen LogP contribution in [0.25, 0.3) is 0 Å². The molecule has 1 aliphatic rings. The van der Waals surface area contributed by atoms with E-state index in [-0.39, 0.29) is 0 Å². The molecule has 1 aromatic rings. The Kier molecular flexibility index (Phi) is 4.75. The largest absolute Gasteiger partial charge is 0.369 e. The minimum Gasteiger partial charge on any atom is -0.369 e. The van der Waals surface area contributed by atoms with Gasteiger partial charge >= 0.3 is 0 Å². The smallest absolute Gasteiger partial charge is 0.134 e. The Hall–Kier alpha value is -1.36. The van der Waals surface area contributed by atoms with E-state index in [2.05, 4.69) is 45.1 Å². The maximum Gasteiger partial charge on any atom is 0.134 e. The molecule has 1 saturated heterocycles. The quantitative estimate of drug-likeness (QED) is 0.826. The van der Waals surface area contributed by atoms with Gasteiger partial charge in [-0.25, -0.2) is 9.97 Å². The van der Waals surface area contributed by atoms with E-state index in [0.29, 0.717) is 0 Å². The van der Waals surface area contributed by atoms with Gasteiger partial charge in [0.1, 0.15) is 18.0 Å². The van der Waals surface area contributed by atoms with E-state index in [1.807, 2.05) is 0 Å². The van der Waals surface area contributed by atoms with Gasteiger partial charge in [-0.15, -0.1) is 0 Å². The summed E-state index contributed by atoms with van der Waals surface area (Å²) < 4.78 is 0. The number of nitrogens with one attached hydrogen (secondary N) is 1. The summed E-state index contributed by atoms with van der Waals surface area (Å²) in [6, 6.07) is 2.05. The number of likely N-dealkylation sites (N-methyl/N-ethyl adjacent to an activating group) is 1. The summed E-state index contributed by atoms with van der Waals surface area (Å²) in [5.74, 6) is 1.98. The van der Waals surface area contributed by atoms with Gasteiger partial charge in [-0.3, -0.25) is 0 Å². The van der Waals surface area contributed by atoms with Crippen LogP contribution >= 0.6 is 0 Å². The molecule has 5 nitrogen and oxygen atoms in total. The molecule has 2 heterocycles. The third kappa shape index (κ3) is 3.57. The summed E-state index contributed by atoms with van der Waals surface area (Å²) in [6.45, 7) is 7.42. The Balaban J connectivity index is 1.86. The zero-order valence-corrected chi connectivity index (χ0v) is 11.4. The van der Waals surface area contributed by atoms with Crippen molar-refractivity contribution in [2.75, 3.05) is 50.0 Å². The lowest BCUT2D eigenvalue weighted by Crippen LogP contribution is -2.25. The van der Waals surface area contributed by atoms with Crippen LogP contribution in [0.4, 0.5) is 11.6 Å². The van der Waals surface area contributed by atoms with Crippen LogP contribution in [0.3, 0.4) is 0 Å². The fraction of sp³-hybridized carbons (Fsp3) is 0.692. The second-order valence-corrected chi connectivity index (χ2v) is 4.78. The van der Waals surface area contributed by atoms with Crippen LogP contribution in [-0.2, 0) is 0 Å². The van der Waals surface area contributed by atoms with Crippen molar-refractivity contribution in [1.29, 1.82) is 0 Å². The second kappa shape index (κ2) is 6.54. The number of aromatic nitrogens is 2. The van der Waals surface area contributed by atoms with Crippen molar-refractivity contribution >= 4 is 11.6 Å². The van der Waals surface area contributed by atoms with E-state index in [1.54, 1.807) is 6.33 Å². The molecule has 0 atom stereocenters. The van der Waals surface area contributed by atoms with Gasteiger partial charge in [0, 0.05) is 32.2 Å². The summed E-state index contributed by atoms with van der Waals surface area (Å²) in [6.07, 6.45) is 4.20. The maximum atomic E-state index is 4.35. The van der Waals surface area contributed by atoms with Crippen molar-refractivity contribution in [1.82, 2.24) is 14.9 Å². The molecular weight excluding hydrogens is 226 g/mol. The van der Waals surface area contributed by atoms with E-state index < -0.39 is 0 Å². The Bertz CT molecular complexity index is 362. The molecule has 100 valence electrons. The summed E-state index contributed by atoms with van der Waals surface area (Å²) in [7, 11) is 2.12. The van der Waals surface area contributed by atoms with Gasteiger partial charge in [0.05, 0.1) is 0 Å². The molecule has 0 unspecified atom stereocenters. The van der Waals surface area contributed by atoms with Gasteiger partial charge in [0.2, 0.25) is 0 Å². The van der Waals surface area contributed by atoms with E-state index in [1.165, 1.54) is 12.8 Å². The average Bonchev–Trinajstić information content (AvgIpc) is 2.93. The summed E-state index contributed by atoms with van der Waals surface area (Å²) >= 11 is 0. The molecule has 1 N–H and O–H groups in total. The highest BCUT2D eigenvalue weighted by molar-refractivity contribution is 5.48. The van der Waals surface area contributed by atoms with Crippen LogP contribution in [0.5, 0.6) is 0 Å². The fourth-order valence-electron chi connectivity index (χ4n) is 2.10. The lowest BCUT2D eigenvalue weighted by Gasteiger charge is -2.17. The van der Waals surface area contributed by atoms with Gasteiger partial charge in [-0.05, 0) is 26.4 Å². The topological polar surface area (TPSA) is 44.3 Å². The Morgan fingerprint density at radius 1 is 1.33 bits per heavy atom. The molecule has 1 aromatic heterocycles. The van der Waals surface area contributed by atoms with Crippen molar-refractivity contribution < 1.29 is 0 Å². The first-order chi connectivity index (χ1) is 8.79. The lowest BCUT2D eigenvalue weighted by molar-refractivity contribution is 0.367. The van der Waals surface area contributed by atoms with Gasteiger partial charge in [-0.2, -0.15) is 0 Å². The van der Waals surface area contributed by atoms with E-state index >= 15 is 0 Å². The summed E-state index contributed by atoms with van der Waals surface area (Å²) in [5, 5.41) is 3.35. The first-order valence-electron chi connectivity index (χ1n) is 6.79. The Labute approximate surface area is 109 Å². The first-order valence-corrected chi connectivity index (χ1v) is 6.79. The zero-order chi connectivity index (χ0) is 12.8. The highest BCUT2D eigenvalue weighted by Crippen LogP contribution is 2.18. The predicted molar refractivity (Wildman–Crippen MR) is 75.1 cm³/mol. The average molecular weight is 249 g/mol. The lowest BCUT2D eigenvalue weighted by atomic mass is 10.4. The monoisotopic (exact) mass is 249 g/mol. The first kappa shape index (κ1) is 13.1. The molecule has 0 spiro atoms. The van der Waals surface area contributed by atoms with Crippen LogP contribution < -0.4 is 10.2 Å². The summed E-state index contributed by atoms with van der Waals surface area (Å²) in [5.41, 5.74) is 0. The maximum absolute atomic E-state index is 4.35. The molecule has 0 aromatic carbocycles. The third-order valence-electron chi connectivity index (χ3n) is 3.42. The molecular formula is C13H23N5. The SMILES string of the molecule is CCN(C)CCNc1cc(N2CCCC2)ncn1. The molecule has 5 heteroatoms. The van der Waals surface area contributed by atoms with Crippen molar-refractivity contribution in [3.8, 4) is 0 Å². The molecule has 1 fully saturated rings. The highest BCUT2D eigenvalue weighted by Gasteiger charge is 2.13. The highest BCUT2D eigenvalue weighted by atomic mass is 15.2. The van der Waals surface area contributed by atoms with Gasteiger partial charge in [0.15, 0.2) is 0 Å². The van der Waals surface area contributed by atoms with Crippen LogP contribution in [0, 0.1) is 0 Å². The Morgan fingerprint density at radius 3 is 2.83 bits per heavy atom. The van der Waals surface area contributed by atoms with Crippen molar-refractivity contribution in [3.63, 3.8) is 0 Å².